The van der Waals surface area contributed by atoms with Crippen molar-refractivity contribution in [1.29, 1.82) is 0 Å². The summed E-state index contributed by atoms with van der Waals surface area (Å²) in [5.74, 6) is -0.0755. The molecule has 0 saturated carbocycles. The standard InChI is InChI=1S/C12H17Cl2NO3S/c1-9(8-16)15(2)5-6-19(17,18)12-7-10(13)3-4-11(12)14/h3-4,7,9,16H,5-6,8H2,1-2H3. The topological polar surface area (TPSA) is 57.6 Å². The molecule has 0 aliphatic rings. The lowest BCUT2D eigenvalue weighted by Crippen LogP contribution is -2.35. The molecule has 19 heavy (non-hydrogen) atoms. The van der Waals surface area contributed by atoms with Gasteiger partial charge in [-0.05, 0) is 32.2 Å². The fourth-order valence-electron chi connectivity index (χ4n) is 1.45. The van der Waals surface area contributed by atoms with Crippen LogP contribution in [0.2, 0.25) is 10.0 Å². The molecule has 0 aliphatic carbocycles. The summed E-state index contributed by atoms with van der Waals surface area (Å²) in [6, 6.07) is 4.28. The minimum absolute atomic E-state index is 0.0194. The summed E-state index contributed by atoms with van der Waals surface area (Å²) in [5, 5.41) is 9.50. The van der Waals surface area contributed by atoms with E-state index in [2.05, 4.69) is 0 Å². The van der Waals surface area contributed by atoms with Gasteiger partial charge >= 0.3 is 0 Å². The number of hydrogen-bond donors (Lipinski definition) is 1. The molecule has 1 atom stereocenters. The van der Waals surface area contributed by atoms with E-state index in [0.717, 1.165) is 0 Å². The van der Waals surface area contributed by atoms with Crippen LogP contribution in [0.15, 0.2) is 23.1 Å². The molecule has 0 fully saturated rings. The Hall–Kier alpha value is -0.330. The summed E-state index contributed by atoms with van der Waals surface area (Å²) < 4.78 is 24.4. The normalized spacial score (nSPS) is 13.8. The van der Waals surface area contributed by atoms with Crippen LogP contribution in [0.1, 0.15) is 6.92 Å². The first-order valence-electron chi connectivity index (χ1n) is 5.77. The first-order valence-corrected chi connectivity index (χ1v) is 8.17. The summed E-state index contributed by atoms with van der Waals surface area (Å²) in [7, 11) is -1.73. The SMILES string of the molecule is CC(CO)N(C)CCS(=O)(=O)c1cc(Cl)ccc1Cl. The number of likely N-dealkylation sites (N-methyl/N-ethyl adjacent to an activating group) is 1. The quantitative estimate of drug-likeness (QED) is 0.870. The van der Waals surface area contributed by atoms with Gasteiger partial charge < -0.3 is 10.0 Å². The molecule has 1 N–H and O–H groups in total. The Balaban J connectivity index is 2.85. The Morgan fingerprint density at radius 3 is 2.58 bits per heavy atom. The van der Waals surface area contributed by atoms with E-state index in [1.165, 1.54) is 12.1 Å². The second kappa shape index (κ2) is 6.90. The predicted molar refractivity (Wildman–Crippen MR) is 77.7 cm³/mol. The lowest BCUT2D eigenvalue weighted by Gasteiger charge is -2.22. The van der Waals surface area contributed by atoms with Crippen molar-refractivity contribution in [3.63, 3.8) is 0 Å². The van der Waals surface area contributed by atoms with Gasteiger partial charge in [0, 0.05) is 17.6 Å². The van der Waals surface area contributed by atoms with Gasteiger partial charge in [0.1, 0.15) is 0 Å². The van der Waals surface area contributed by atoms with Crippen LogP contribution in [-0.2, 0) is 9.84 Å². The predicted octanol–water partition coefficient (Wildman–Crippen LogP) is 2.08. The van der Waals surface area contributed by atoms with Crippen LogP contribution in [-0.4, -0.2) is 50.4 Å². The summed E-state index contributed by atoms with van der Waals surface area (Å²) in [5.41, 5.74) is 0. The van der Waals surface area contributed by atoms with Crippen LogP contribution in [0.25, 0.3) is 0 Å². The summed E-state index contributed by atoms with van der Waals surface area (Å²) >= 11 is 11.7. The minimum Gasteiger partial charge on any atom is -0.395 e. The molecule has 0 bridgehead atoms. The van der Waals surface area contributed by atoms with Gasteiger partial charge in [-0.25, -0.2) is 8.42 Å². The van der Waals surface area contributed by atoms with E-state index in [9.17, 15) is 8.42 Å². The zero-order chi connectivity index (χ0) is 14.6. The smallest absolute Gasteiger partial charge is 0.181 e. The van der Waals surface area contributed by atoms with Gasteiger partial charge in [-0.2, -0.15) is 0 Å². The molecule has 1 rings (SSSR count). The van der Waals surface area contributed by atoms with E-state index >= 15 is 0 Å². The first-order chi connectivity index (χ1) is 8.77. The number of aliphatic hydroxyl groups excluding tert-OH is 1. The molecule has 0 spiro atoms. The lowest BCUT2D eigenvalue weighted by atomic mass is 10.3. The largest absolute Gasteiger partial charge is 0.395 e. The van der Waals surface area contributed by atoms with Gasteiger partial charge in [-0.15, -0.1) is 0 Å². The Kier molecular flexibility index (Phi) is 6.08. The van der Waals surface area contributed by atoms with Crippen molar-refractivity contribution in [3.8, 4) is 0 Å². The number of aliphatic hydroxyl groups is 1. The highest BCUT2D eigenvalue weighted by molar-refractivity contribution is 7.91. The zero-order valence-corrected chi connectivity index (χ0v) is 13.1. The summed E-state index contributed by atoms with van der Waals surface area (Å²) in [6.45, 7) is 2.11. The van der Waals surface area contributed by atoms with Gasteiger partial charge in [0.2, 0.25) is 0 Å². The third-order valence-electron chi connectivity index (χ3n) is 2.96. The number of sulfone groups is 1. The molecule has 1 aromatic rings. The molecule has 4 nitrogen and oxygen atoms in total. The fraction of sp³-hybridized carbons (Fsp3) is 0.500. The molecule has 0 aromatic heterocycles. The molecule has 1 unspecified atom stereocenters. The van der Waals surface area contributed by atoms with E-state index in [1.807, 2.05) is 6.92 Å². The molecule has 1 aromatic carbocycles. The highest BCUT2D eigenvalue weighted by atomic mass is 35.5. The molecule has 108 valence electrons. The molecular weight excluding hydrogens is 309 g/mol. The van der Waals surface area contributed by atoms with Gasteiger partial charge in [-0.1, -0.05) is 23.2 Å². The van der Waals surface area contributed by atoms with Crippen molar-refractivity contribution in [2.24, 2.45) is 0 Å². The number of rotatable bonds is 6. The maximum absolute atomic E-state index is 12.2. The van der Waals surface area contributed by atoms with Crippen molar-refractivity contribution >= 4 is 33.0 Å². The molecule has 0 amide bonds. The van der Waals surface area contributed by atoms with Crippen molar-refractivity contribution in [3.05, 3.63) is 28.2 Å². The molecular formula is C12H17Cl2NO3S. The van der Waals surface area contributed by atoms with E-state index in [4.69, 9.17) is 28.3 Å². The Morgan fingerprint density at radius 2 is 2.00 bits per heavy atom. The number of nitrogens with zero attached hydrogens (tertiary/aromatic N) is 1. The third-order valence-corrected chi connectivity index (χ3v) is 5.36. The molecule has 7 heteroatoms. The van der Waals surface area contributed by atoms with Crippen LogP contribution in [0.5, 0.6) is 0 Å². The lowest BCUT2D eigenvalue weighted by molar-refractivity contribution is 0.165. The maximum atomic E-state index is 12.2. The highest BCUT2D eigenvalue weighted by Gasteiger charge is 2.20. The van der Waals surface area contributed by atoms with Crippen molar-refractivity contribution in [2.75, 3.05) is 26.0 Å². The zero-order valence-electron chi connectivity index (χ0n) is 10.8. The van der Waals surface area contributed by atoms with Gasteiger partial charge in [-0.3, -0.25) is 0 Å². The fourth-order valence-corrected chi connectivity index (χ4v) is 3.58. The summed E-state index contributed by atoms with van der Waals surface area (Å²) in [6.07, 6.45) is 0. The van der Waals surface area contributed by atoms with E-state index in [1.54, 1.807) is 18.0 Å². The van der Waals surface area contributed by atoms with Gasteiger partial charge in [0.05, 0.1) is 22.3 Å². The highest BCUT2D eigenvalue weighted by Crippen LogP contribution is 2.25. The Morgan fingerprint density at radius 1 is 1.37 bits per heavy atom. The average molecular weight is 326 g/mol. The van der Waals surface area contributed by atoms with Crippen molar-refractivity contribution in [1.82, 2.24) is 4.90 Å². The third kappa shape index (κ3) is 4.61. The molecule has 0 heterocycles. The maximum Gasteiger partial charge on any atom is 0.181 e. The molecule has 0 aliphatic heterocycles. The second-order valence-electron chi connectivity index (χ2n) is 4.41. The van der Waals surface area contributed by atoms with E-state index in [-0.39, 0.29) is 28.3 Å². The van der Waals surface area contributed by atoms with E-state index < -0.39 is 9.84 Å². The summed E-state index contributed by atoms with van der Waals surface area (Å²) in [4.78, 5) is 1.82. The Bertz CT molecular complexity index is 534. The van der Waals surface area contributed by atoms with E-state index in [0.29, 0.717) is 11.6 Å². The minimum atomic E-state index is -3.49. The first kappa shape index (κ1) is 16.7. The molecule has 0 saturated heterocycles. The average Bonchev–Trinajstić information content (AvgIpc) is 2.37. The van der Waals surface area contributed by atoms with Crippen molar-refractivity contribution in [2.45, 2.75) is 17.9 Å². The number of halogens is 2. The van der Waals surface area contributed by atoms with Gasteiger partial charge in [0.25, 0.3) is 0 Å². The van der Waals surface area contributed by atoms with Gasteiger partial charge in [0.15, 0.2) is 9.84 Å². The molecule has 0 radical (unpaired) electrons. The van der Waals surface area contributed by atoms with Crippen molar-refractivity contribution < 1.29 is 13.5 Å². The van der Waals surface area contributed by atoms with Crippen LogP contribution >= 0.6 is 23.2 Å². The Labute approximate surface area is 123 Å². The second-order valence-corrected chi connectivity index (χ2v) is 7.33. The van der Waals surface area contributed by atoms with Crippen LogP contribution in [0.4, 0.5) is 0 Å². The van der Waals surface area contributed by atoms with Crippen LogP contribution in [0.3, 0.4) is 0 Å². The number of hydrogen-bond acceptors (Lipinski definition) is 4. The van der Waals surface area contributed by atoms with Crippen LogP contribution < -0.4 is 0 Å². The number of benzene rings is 1. The monoisotopic (exact) mass is 325 g/mol. The van der Waals surface area contributed by atoms with Crippen LogP contribution in [0, 0.1) is 0 Å².